The topological polar surface area (TPSA) is 29.5 Å². The summed E-state index contributed by atoms with van der Waals surface area (Å²) in [5.74, 6) is -0.114. The Morgan fingerprint density at radius 2 is 1.91 bits per heavy atom. The van der Waals surface area contributed by atoms with Crippen LogP contribution in [-0.4, -0.2) is 47.6 Å². The van der Waals surface area contributed by atoms with Crippen molar-refractivity contribution in [2.45, 2.75) is 64.4 Å². The average molecular weight is 337 g/mol. The molecule has 1 aliphatic rings. The molecule has 0 aromatic heterocycles. The average Bonchev–Trinajstić information content (AvgIpc) is 2.38. The number of rotatable bonds is 6. The van der Waals surface area contributed by atoms with Crippen LogP contribution in [0.1, 0.15) is 52.9 Å². The summed E-state index contributed by atoms with van der Waals surface area (Å²) in [5, 5.41) is 0. The molecule has 22 heavy (non-hydrogen) atoms. The van der Waals surface area contributed by atoms with Crippen molar-refractivity contribution in [3.8, 4) is 0 Å². The molecule has 0 bridgehead atoms. The first kappa shape index (κ1) is 19.5. The van der Waals surface area contributed by atoms with Gasteiger partial charge in [0, 0.05) is 26.4 Å². The molecule has 0 aromatic carbocycles. The SMILES string of the molecule is CN(CCCSCC1CCC(F)(F)CC1)C(=O)OC(C)(C)C. The Balaban J connectivity index is 2.07. The predicted molar refractivity (Wildman–Crippen MR) is 87.7 cm³/mol. The van der Waals surface area contributed by atoms with Gasteiger partial charge < -0.3 is 9.64 Å². The van der Waals surface area contributed by atoms with Crippen molar-refractivity contribution in [2.24, 2.45) is 5.92 Å². The molecule has 1 fully saturated rings. The molecule has 0 atom stereocenters. The molecule has 3 nitrogen and oxygen atoms in total. The molecule has 0 unspecified atom stereocenters. The van der Waals surface area contributed by atoms with Gasteiger partial charge in [0.15, 0.2) is 0 Å². The zero-order valence-corrected chi connectivity index (χ0v) is 15.0. The summed E-state index contributed by atoms with van der Waals surface area (Å²) >= 11 is 1.80. The van der Waals surface area contributed by atoms with Crippen LogP contribution in [0.3, 0.4) is 0 Å². The molecule has 0 N–H and O–H groups in total. The minimum atomic E-state index is -2.43. The fraction of sp³-hybridized carbons (Fsp3) is 0.938. The van der Waals surface area contributed by atoms with E-state index in [4.69, 9.17) is 4.74 Å². The summed E-state index contributed by atoms with van der Waals surface area (Å²) in [5.41, 5.74) is -0.469. The Hall–Kier alpha value is -0.520. The fourth-order valence-electron chi connectivity index (χ4n) is 2.35. The molecule has 1 rings (SSSR count). The highest BCUT2D eigenvalue weighted by atomic mass is 32.2. The Morgan fingerprint density at radius 1 is 1.32 bits per heavy atom. The van der Waals surface area contributed by atoms with Crippen LogP contribution in [0.5, 0.6) is 0 Å². The molecule has 6 heteroatoms. The van der Waals surface area contributed by atoms with Crippen LogP contribution in [0.2, 0.25) is 0 Å². The van der Waals surface area contributed by atoms with Crippen molar-refractivity contribution in [1.82, 2.24) is 4.90 Å². The van der Waals surface area contributed by atoms with E-state index in [1.807, 2.05) is 20.8 Å². The lowest BCUT2D eigenvalue weighted by molar-refractivity contribution is -0.0433. The summed E-state index contributed by atoms with van der Waals surface area (Å²) in [6.45, 7) is 6.21. The van der Waals surface area contributed by atoms with E-state index >= 15 is 0 Å². The highest BCUT2D eigenvalue weighted by Crippen LogP contribution is 2.37. The number of amides is 1. The summed E-state index contributed by atoms with van der Waals surface area (Å²) in [6, 6.07) is 0. The largest absolute Gasteiger partial charge is 0.444 e. The van der Waals surface area contributed by atoms with Crippen molar-refractivity contribution in [3.05, 3.63) is 0 Å². The number of thioether (sulfide) groups is 1. The van der Waals surface area contributed by atoms with Crippen LogP contribution in [0.15, 0.2) is 0 Å². The van der Waals surface area contributed by atoms with Gasteiger partial charge in [-0.05, 0) is 57.5 Å². The van der Waals surface area contributed by atoms with E-state index in [0.29, 0.717) is 25.3 Å². The van der Waals surface area contributed by atoms with E-state index in [1.165, 1.54) is 0 Å². The number of alkyl halides is 2. The molecule has 1 saturated carbocycles. The van der Waals surface area contributed by atoms with Crippen LogP contribution in [-0.2, 0) is 4.74 Å². The van der Waals surface area contributed by atoms with Gasteiger partial charge in [-0.2, -0.15) is 11.8 Å². The second kappa shape index (κ2) is 8.37. The van der Waals surface area contributed by atoms with E-state index in [-0.39, 0.29) is 18.9 Å². The molecule has 0 saturated heterocycles. The third kappa shape index (κ3) is 8.20. The molecule has 0 heterocycles. The maximum atomic E-state index is 13.0. The Morgan fingerprint density at radius 3 is 2.45 bits per heavy atom. The first-order valence-corrected chi connectivity index (χ1v) is 9.14. The smallest absolute Gasteiger partial charge is 0.410 e. The number of hydrogen-bond donors (Lipinski definition) is 0. The summed E-state index contributed by atoms with van der Waals surface area (Å²) in [6.07, 6.45) is 1.95. The minimum Gasteiger partial charge on any atom is -0.444 e. The molecule has 0 aromatic rings. The van der Waals surface area contributed by atoms with Crippen LogP contribution in [0.4, 0.5) is 13.6 Å². The van der Waals surface area contributed by atoms with Crippen molar-refractivity contribution < 1.29 is 18.3 Å². The zero-order valence-electron chi connectivity index (χ0n) is 14.2. The Labute approximate surface area is 137 Å². The van der Waals surface area contributed by atoms with Gasteiger partial charge in [0.1, 0.15) is 5.60 Å². The molecular weight excluding hydrogens is 308 g/mol. The van der Waals surface area contributed by atoms with Gasteiger partial charge >= 0.3 is 6.09 Å². The maximum absolute atomic E-state index is 13.0. The van der Waals surface area contributed by atoms with Gasteiger partial charge in [-0.15, -0.1) is 0 Å². The number of carbonyl (C=O) groups is 1. The normalized spacial score (nSPS) is 19.0. The summed E-state index contributed by atoms with van der Waals surface area (Å²) in [4.78, 5) is 13.3. The quantitative estimate of drug-likeness (QED) is 0.652. The van der Waals surface area contributed by atoms with Crippen molar-refractivity contribution in [3.63, 3.8) is 0 Å². The van der Waals surface area contributed by atoms with E-state index in [0.717, 1.165) is 17.9 Å². The van der Waals surface area contributed by atoms with Gasteiger partial charge in [-0.3, -0.25) is 0 Å². The van der Waals surface area contributed by atoms with Gasteiger partial charge in [0.2, 0.25) is 5.92 Å². The predicted octanol–water partition coefficient (Wildman–Crippen LogP) is 4.80. The molecule has 1 amide bonds. The minimum absolute atomic E-state index is 0.0413. The van der Waals surface area contributed by atoms with Crippen molar-refractivity contribution in [1.29, 1.82) is 0 Å². The first-order chi connectivity index (χ1) is 10.1. The zero-order chi connectivity index (χ0) is 16.8. The molecular formula is C16H29F2NO2S. The third-order valence-corrected chi connectivity index (χ3v) is 4.96. The lowest BCUT2D eigenvalue weighted by atomic mass is 9.88. The Bertz CT molecular complexity index is 349. The highest BCUT2D eigenvalue weighted by molar-refractivity contribution is 7.99. The van der Waals surface area contributed by atoms with Gasteiger partial charge in [0.05, 0.1) is 0 Å². The van der Waals surface area contributed by atoms with E-state index in [9.17, 15) is 13.6 Å². The van der Waals surface area contributed by atoms with Crippen LogP contribution in [0, 0.1) is 5.92 Å². The lowest BCUT2D eigenvalue weighted by Crippen LogP contribution is -2.34. The fourth-order valence-corrected chi connectivity index (χ4v) is 3.52. The van der Waals surface area contributed by atoms with Crippen molar-refractivity contribution >= 4 is 17.9 Å². The molecule has 1 aliphatic carbocycles. The summed E-state index contributed by atoms with van der Waals surface area (Å²) in [7, 11) is 1.74. The number of halogens is 2. The lowest BCUT2D eigenvalue weighted by Gasteiger charge is -2.28. The number of hydrogen-bond acceptors (Lipinski definition) is 3. The molecule has 0 spiro atoms. The monoisotopic (exact) mass is 337 g/mol. The maximum Gasteiger partial charge on any atom is 0.410 e. The number of carbonyl (C=O) groups excluding carboxylic acids is 1. The van der Waals surface area contributed by atoms with Crippen LogP contribution >= 0.6 is 11.8 Å². The number of nitrogens with zero attached hydrogens (tertiary/aromatic N) is 1. The van der Waals surface area contributed by atoms with Crippen LogP contribution < -0.4 is 0 Å². The Kier molecular flexibility index (Phi) is 7.42. The van der Waals surface area contributed by atoms with Gasteiger partial charge in [-0.25, -0.2) is 13.6 Å². The van der Waals surface area contributed by atoms with E-state index in [1.54, 1.807) is 23.7 Å². The van der Waals surface area contributed by atoms with Crippen molar-refractivity contribution in [2.75, 3.05) is 25.1 Å². The van der Waals surface area contributed by atoms with E-state index in [2.05, 4.69) is 0 Å². The molecule has 0 radical (unpaired) electrons. The summed E-state index contributed by atoms with van der Waals surface area (Å²) < 4.78 is 31.4. The molecule has 0 aliphatic heterocycles. The van der Waals surface area contributed by atoms with Gasteiger partial charge in [-0.1, -0.05) is 0 Å². The second-order valence-electron chi connectivity index (χ2n) is 7.13. The third-order valence-electron chi connectivity index (χ3n) is 3.68. The second-order valence-corrected chi connectivity index (χ2v) is 8.28. The molecule has 130 valence electrons. The van der Waals surface area contributed by atoms with E-state index < -0.39 is 11.5 Å². The van der Waals surface area contributed by atoms with Crippen LogP contribution in [0.25, 0.3) is 0 Å². The standard InChI is InChI=1S/C16H29F2NO2S/c1-15(2,3)21-14(20)19(4)10-5-11-22-12-13-6-8-16(17,18)9-7-13/h13H,5-12H2,1-4H3. The highest BCUT2D eigenvalue weighted by Gasteiger charge is 2.34. The first-order valence-electron chi connectivity index (χ1n) is 7.99. The number of ether oxygens (including phenoxy) is 1. The van der Waals surface area contributed by atoms with Gasteiger partial charge in [0.25, 0.3) is 0 Å².